The molecule has 106 valence electrons. The topological polar surface area (TPSA) is 38.0 Å². The molecular formula is C15H15BrCl2N2. The van der Waals surface area contributed by atoms with Gasteiger partial charge in [-0.25, -0.2) is 0 Å². The molecule has 2 aromatic carbocycles. The number of hydrogen-bond acceptors (Lipinski definition) is 2. The van der Waals surface area contributed by atoms with Gasteiger partial charge in [0, 0.05) is 20.6 Å². The van der Waals surface area contributed by atoms with Gasteiger partial charge in [-0.3, -0.25) is 11.3 Å². The normalized spacial score (nSPS) is 12.4. The highest BCUT2D eigenvalue weighted by molar-refractivity contribution is 9.10. The molecule has 0 fully saturated rings. The third kappa shape index (κ3) is 4.47. The minimum atomic E-state index is 0.120. The van der Waals surface area contributed by atoms with Crippen molar-refractivity contribution in [3.63, 3.8) is 0 Å². The maximum Gasteiger partial charge on any atom is 0.0453 e. The molecule has 1 atom stereocenters. The van der Waals surface area contributed by atoms with E-state index in [-0.39, 0.29) is 6.04 Å². The molecule has 0 amide bonds. The zero-order valence-corrected chi connectivity index (χ0v) is 13.8. The molecule has 0 aromatic heterocycles. The molecule has 3 N–H and O–H groups in total. The van der Waals surface area contributed by atoms with Crippen LogP contribution in [0, 0.1) is 0 Å². The lowest BCUT2D eigenvalue weighted by atomic mass is 9.99. The van der Waals surface area contributed by atoms with Crippen LogP contribution in [-0.2, 0) is 12.8 Å². The molecule has 0 radical (unpaired) electrons. The summed E-state index contributed by atoms with van der Waals surface area (Å²) in [6.45, 7) is 0. The van der Waals surface area contributed by atoms with Crippen LogP contribution in [0.2, 0.25) is 10.0 Å². The number of benzene rings is 2. The van der Waals surface area contributed by atoms with Crippen molar-refractivity contribution in [3.8, 4) is 0 Å². The molecule has 0 aliphatic rings. The molecular weight excluding hydrogens is 359 g/mol. The van der Waals surface area contributed by atoms with Gasteiger partial charge in [0.15, 0.2) is 0 Å². The van der Waals surface area contributed by atoms with Crippen molar-refractivity contribution in [1.29, 1.82) is 0 Å². The van der Waals surface area contributed by atoms with E-state index in [4.69, 9.17) is 29.0 Å². The first-order chi connectivity index (χ1) is 9.58. The Balaban J connectivity index is 2.07. The lowest BCUT2D eigenvalue weighted by Gasteiger charge is -2.17. The summed E-state index contributed by atoms with van der Waals surface area (Å²) in [5, 5.41) is 1.32. The van der Waals surface area contributed by atoms with Gasteiger partial charge in [-0.05, 0) is 48.2 Å². The van der Waals surface area contributed by atoms with Gasteiger partial charge < -0.3 is 0 Å². The molecule has 0 heterocycles. The number of rotatable bonds is 5. The number of nitrogens with two attached hydrogens (primary N) is 1. The highest BCUT2D eigenvalue weighted by atomic mass is 79.9. The lowest BCUT2D eigenvalue weighted by Crippen LogP contribution is -2.38. The Morgan fingerprint density at radius 3 is 2.35 bits per heavy atom. The summed E-state index contributed by atoms with van der Waals surface area (Å²) in [6.07, 6.45) is 1.59. The van der Waals surface area contributed by atoms with E-state index >= 15 is 0 Å². The van der Waals surface area contributed by atoms with Gasteiger partial charge >= 0.3 is 0 Å². The fourth-order valence-electron chi connectivity index (χ4n) is 2.05. The van der Waals surface area contributed by atoms with E-state index in [0.29, 0.717) is 10.0 Å². The zero-order valence-electron chi connectivity index (χ0n) is 10.7. The van der Waals surface area contributed by atoms with Crippen molar-refractivity contribution in [2.45, 2.75) is 18.9 Å². The van der Waals surface area contributed by atoms with Crippen LogP contribution in [0.5, 0.6) is 0 Å². The Morgan fingerprint density at radius 1 is 1.05 bits per heavy atom. The molecule has 1 unspecified atom stereocenters. The molecule has 0 aliphatic heterocycles. The summed E-state index contributed by atoms with van der Waals surface area (Å²) in [6, 6.07) is 13.9. The highest BCUT2D eigenvalue weighted by Gasteiger charge is 2.11. The van der Waals surface area contributed by atoms with Gasteiger partial charge in [-0.15, -0.1) is 0 Å². The maximum absolute atomic E-state index is 6.20. The molecule has 0 spiro atoms. The van der Waals surface area contributed by atoms with E-state index in [1.54, 1.807) is 6.07 Å². The fourth-order valence-corrected chi connectivity index (χ4v) is 2.80. The van der Waals surface area contributed by atoms with Crippen molar-refractivity contribution in [2.75, 3.05) is 0 Å². The summed E-state index contributed by atoms with van der Waals surface area (Å²) in [5.74, 6) is 5.65. The van der Waals surface area contributed by atoms with E-state index in [0.717, 1.165) is 22.9 Å². The van der Waals surface area contributed by atoms with Gasteiger partial charge in [0.1, 0.15) is 0 Å². The molecule has 2 rings (SSSR count). The Labute approximate surface area is 137 Å². The molecule has 0 saturated carbocycles. The average Bonchev–Trinajstić information content (AvgIpc) is 2.43. The Morgan fingerprint density at radius 2 is 1.75 bits per heavy atom. The van der Waals surface area contributed by atoms with Gasteiger partial charge in [-0.1, -0.05) is 57.3 Å². The van der Waals surface area contributed by atoms with Crippen molar-refractivity contribution in [1.82, 2.24) is 5.43 Å². The smallest absolute Gasteiger partial charge is 0.0453 e. The molecule has 20 heavy (non-hydrogen) atoms. The number of halogens is 3. The zero-order chi connectivity index (χ0) is 14.5. The summed E-state index contributed by atoms with van der Waals surface area (Å²) in [7, 11) is 0. The van der Waals surface area contributed by atoms with E-state index < -0.39 is 0 Å². The van der Waals surface area contributed by atoms with Crippen LogP contribution in [-0.4, -0.2) is 6.04 Å². The van der Waals surface area contributed by atoms with E-state index in [1.165, 1.54) is 5.56 Å². The van der Waals surface area contributed by atoms with Gasteiger partial charge in [0.25, 0.3) is 0 Å². The lowest BCUT2D eigenvalue weighted by molar-refractivity contribution is 0.522. The van der Waals surface area contributed by atoms with Crippen LogP contribution in [0.4, 0.5) is 0 Å². The standard InChI is InChI=1S/C15H15BrCl2N2/c16-12-4-1-10(2-5-12)7-14(20-19)8-11-3-6-13(17)9-15(11)18/h1-6,9,14,20H,7-8,19H2. The second-order valence-electron chi connectivity index (χ2n) is 4.63. The first kappa shape index (κ1) is 15.8. The molecule has 0 aliphatic carbocycles. The highest BCUT2D eigenvalue weighted by Crippen LogP contribution is 2.23. The number of hydrogen-bond donors (Lipinski definition) is 2. The second kappa shape index (κ2) is 7.43. The van der Waals surface area contributed by atoms with Gasteiger partial charge in [-0.2, -0.15) is 0 Å². The van der Waals surface area contributed by atoms with Crippen LogP contribution >= 0.6 is 39.1 Å². The quantitative estimate of drug-likeness (QED) is 0.603. The summed E-state index contributed by atoms with van der Waals surface area (Å²) < 4.78 is 1.07. The molecule has 2 nitrogen and oxygen atoms in total. The third-order valence-corrected chi connectivity index (χ3v) is 4.23. The Kier molecular flexibility index (Phi) is 5.87. The third-order valence-electron chi connectivity index (χ3n) is 3.11. The molecule has 0 saturated heterocycles. The van der Waals surface area contributed by atoms with Crippen molar-refractivity contribution < 1.29 is 0 Å². The van der Waals surface area contributed by atoms with Crippen LogP contribution in [0.25, 0.3) is 0 Å². The average molecular weight is 374 g/mol. The van der Waals surface area contributed by atoms with Crippen LogP contribution in [0.1, 0.15) is 11.1 Å². The predicted molar refractivity (Wildman–Crippen MR) is 89.1 cm³/mol. The van der Waals surface area contributed by atoms with Crippen molar-refractivity contribution >= 4 is 39.1 Å². The van der Waals surface area contributed by atoms with E-state index in [1.807, 2.05) is 24.3 Å². The maximum atomic E-state index is 6.20. The van der Waals surface area contributed by atoms with Gasteiger partial charge in [0.2, 0.25) is 0 Å². The summed E-state index contributed by atoms with van der Waals surface area (Å²) in [5.41, 5.74) is 5.11. The molecule has 0 bridgehead atoms. The van der Waals surface area contributed by atoms with Crippen LogP contribution < -0.4 is 11.3 Å². The SMILES string of the molecule is NNC(Cc1ccc(Br)cc1)Cc1ccc(Cl)cc1Cl. The summed E-state index contributed by atoms with van der Waals surface area (Å²) in [4.78, 5) is 0. The monoisotopic (exact) mass is 372 g/mol. The molecule has 5 heteroatoms. The van der Waals surface area contributed by atoms with E-state index in [9.17, 15) is 0 Å². The van der Waals surface area contributed by atoms with Crippen LogP contribution in [0.3, 0.4) is 0 Å². The van der Waals surface area contributed by atoms with Gasteiger partial charge in [0.05, 0.1) is 0 Å². The second-order valence-corrected chi connectivity index (χ2v) is 6.39. The predicted octanol–water partition coefficient (Wildman–Crippen LogP) is 4.37. The first-order valence-corrected chi connectivity index (χ1v) is 7.78. The minimum absolute atomic E-state index is 0.120. The van der Waals surface area contributed by atoms with E-state index in [2.05, 4.69) is 33.5 Å². The largest absolute Gasteiger partial charge is 0.271 e. The summed E-state index contributed by atoms with van der Waals surface area (Å²) >= 11 is 15.5. The Bertz CT molecular complexity index is 573. The first-order valence-electron chi connectivity index (χ1n) is 6.23. The number of nitrogens with one attached hydrogen (secondary N) is 1. The van der Waals surface area contributed by atoms with Crippen molar-refractivity contribution in [3.05, 3.63) is 68.1 Å². The molecule has 2 aromatic rings. The minimum Gasteiger partial charge on any atom is -0.271 e. The Hall–Kier alpha value is -0.580. The fraction of sp³-hybridized carbons (Fsp3) is 0.200. The van der Waals surface area contributed by atoms with Crippen molar-refractivity contribution in [2.24, 2.45) is 5.84 Å². The number of hydrazine groups is 1. The van der Waals surface area contributed by atoms with Crippen LogP contribution in [0.15, 0.2) is 46.9 Å².